The molecule has 6 nitrogen and oxygen atoms in total. The predicted octanol–water partition coefficient (Wildman–Crippen LogP) is 2.36. The van der Waals surface area contributed by atoms with E-state index in [9.17, 15) is 14.4 Å². The second-order valence-corrected chi connectivity index (χ2v) is 6.51. The summed E-state index contributed by atoms with van der Waals surface area (Å²) in [5, 5.41) is 2.71. The van der Waals surface area contributed by atoms with E-state index in [0.717, 1.165) is 5.56 Å². The van der Waals surface area contributed by atoms with Crippen LogP contribution in [0.3, 0.4) is 0 Å². The molecule has 0 aliphatic carbocycles. The zero-order valence-electron chi connectivity index (χ0n) is 15.5. The number of hydrogen-bond acceptors (Lipinski definition) is 4. The highest BCUT2D eigenvalue weighted by Gasteiger charge is 2.32. The van der Waals surface area contributed by atoms with Crippen molar-refractivity contribution in [1.82, 2.24) is 10.2 Å². The molecule has 1 N–H and O–H groups in total. The number of allylic oxidation sites excluding steroid dienone is 1. The molecule has 2 rings (SSSR count). The quantitative estimate of drug-likeness (QED) is 0.650. The smallest absolute Gasteiger partial charge is 0.306 e. The molecule has 1 aliphatic rings. The van der Waals surface area contributed by atoms with Gasteiger partial charge in [0.1, 0.15) is 12.1 Å². The van der Waals surface area contributed by atoms with E-state index in [4.69, 9.17) is 4.74 Å². The van der Waals surface area contributed by atoms with Crippen molar-refractivity contribution in [2.45, 2.75) is 51.3 Å². The minimum atomic E-state index is -0.636. The standard InChI is InChI=1S/C20H26N2O4/c1-14-19(16-10-6-4-7-11-16)26-18(24)13-9-5-8-12-17(21-15(2)23)20(25)22(14)3/h4-8,10-11,14,17,19H,9,12-13H2,1-3H3,(H,21,23)/b8-5-/t14-,17+,19-/m0/s1. The zero-order chi connectivity index (χ0) is 19.1. The van der Waals surface area contributed by atoms with Gasteiger partial charge in [0.05, 0.1) is 6.04 Å². The molecule has 0 bridgehead atoms. The number of ether oxygens (including phenoxy) is 1. The van der Waals surface area contributed by atoms with Crippen molar-refractivity contribution >= 4 is 17.8 Å². The number of nitrogens with one attached hydrogen (secondary N) is 1. The molecule has 6 heteroatoms. The van der Waals surface area contributed by atoms with Crippen molar-refractivity contribution in [3.63, 3.8) is 0 Å². The predicted molar refractivity (Wildman–Crippen MR) is 98.1 cm³/mol. The molecule has 0 saturated carbocycles. The van der Waals surface area contributed by atoms with Crippen LogP contribution in [-0.4, -0.2) is 41.8 Å². The van der Waals surface area contributed by atoms with Crippen LogP contribution in [0.15, 0.2) is 42.5 Å². The van der Waals surface area contributed by atoms with Crippen LogP contribution in [0.1, 0.15) is 44.8 Å². The van der Waals surface area contributed by atoms with Crippen LogP contribution in [0, 0.1) is 0 Å². The Hall–Kier alpha value is -2.63. The Morgan fingerprint density at radius 1 is 1.19 bits per heavy atom. The number of amides is 2. The molecule has 0 unspecified atom stereocenters. The molecule has 0 saturated heterocycles. The average molecular weight is 358 g/mol. The van der Waals surface area contributed by atoms with Gasteiger partial charge in [-0.1, -0.05) is 42.5 Å². The lowest BCUT2D eigenvalue weighted by atomic mass is 10.0. The van der Waals surface area contributed by atoms with Gasteiger partial charge in [-0.05, 0) is 25.3 Å². The van der Waals surface area contributed by atoms with Crippen molar-refractivity contribution in [3.05, 3.63) is 48.0 Å². The molecule has 0 fully saturated rings. The van der Waals surface area contributed by atoms with Gasteiger partial charge in [-0.25, -0.2) is 0 Å². The largest absolute Gasteiger partial charge is 0.455 e. The summed E-state index contributed by atoms with van der Waals surface area (Å²) in [7, 11) is 1.67. The first-order valence-corrected chi connectivity index (χ1v) is 8.83. The molecule has 2 amide bonds. The number of carbonyl (C=O) groups is 3. The van der Waals surface area contributed by atoms with E-state index in [1.54, 1.807) is 11.9 Å². The third-order valence-electron chi connectivity index (χ3n) is 4.51. The topological polar surface area (TPSA) is 75.7 Å². The van der Waals surface area contributed by atoms with Crippen LogP contribution in [-0.2, 0) is 19.1 Å². The molecular formula is C20H26N2O4. The van der Waals surface area contributed by atoms with Gasteiger partial charge in [0.15, 0.2) is 0 Å². The molecule has 1 aromatic carbocycles. The van der Waals surface area contributed by atoms with E-state index in [-0.39, 0.29) is 30.2 Å². The second-order valence-electron chi connectivity index (χ2n) is 6.51. The summed E-state index contributed by atoms with van der Waals surface area (Å²) in [6, 6.07) is 8.37. The highest BCUT2D eigenvalue weighted by atomic mass is 16.5. The molecule has 3 atom stereocenters. The summed E-state index contributed by atoms with van der Waals surface area (Å²) in [5.41, 5.74) is 0.830. The zero-order valence-corrected chi connectivity index (χ0v) is 15.5. The Labute approximate surface area is 154 Å². The molecule has 1 heterocycles. The van der Waals surface area contributed by atoms with Crippen LogP contribution in [0.4, 0.5) is 0 Å². The Bertz CT molecular complexity index is 672. The number of likely N-dealkylation sites (N-methyl/N-ethyl adjacent to an activating group) is 1. The Kier molecular flexibility index (Phi) is 6.95. The van der Waals surface area contributed by atoms with Gasteiger partial charge in [-0.2, -0.15) is 0 Å². The van der Waals surface area contributed by atoms with Crippen molar-refractivity contribution in [2.24, 2.45) is 0 Å². The lowest BCUT2D eigenvalue weighted by molar-refractivity contribution is -0.156. The average Bonchev–Trinajstić information content (AvgIpc) is 2.62. The molecule has 1 aliphatic heterocycles. The molecular weight excluding hydrogens is 332 g/mol. The van der Waals surface area contributed by atoms with E-state index in [1.807, 2.05) is 49.4 Å². The molecule has 1 aromatic rings. The first-order chi connectivity index (χ1) is 12.4. The van der Waals surface area contributed by atoms with E-state index in [1.165, 1.54) is 6.92 Å². The SMILES string of the molecule is CC(=O)N[C@@H]1C/C=C\CCC(=O)O[C@H](c2ccccc2)[C@H](C)N(C)C1=O. The molecule has 0 spiro atoms. The van der Waals surface area contributed by atoms with E-state index >= 15 is 0 Å². The van der Waals surface area contributed by atoms with Crippen LogP contribution in [0.25, 0.3) is 0 Å². The van der Waals surface area contributed by atoms with Crippen LogP contribution < -0.4 is 5.32 Å². The van der Waals surface area contributed by atoms with Gasteiger partial charge < -0.3 is 15.0 Å². The number of rotatable bonds is 2. The Balaban J connectivity index is 2.34. The number of carbonyl (C=O) groups excluding carboxylic acids is 3. The van der Waals surface area contributed by atoms with Gasteiger partial charge in [-0.15, -0.1) is 0 Å². The summed E-state index contributed by atoms with van der Waals surface area (Å²) in [4.78, 5) is 38.1. The van der Waals surface area contributed by atoms with Crippen LogP contribution >= 0.6 is 0 Å². The maximum absolute atomic E-state index is 12.9. The molecule has 0 radical (unpaired) electrons. The van der Waals surface area contributed by atoms with E-state index < -0.39 is 12.1 Å². The minimum Gasteiger partial charge on any atom is -0.455 e. The van der Waals surface area contributed by atoms with Crippen LogP contribution in [0.2, 0.25) is 0 Å². The molecule has 0 aromatic heterocycles. The lowest BCUT2D eigenvalue weighted by Gasteiger charge is -2.34. The fourth-order valence-electron chi connectivity index (χ4n) is 2.96. The monoisotopic (exact) mass is 358 g/mol. The molecule has 140 valence electrons. The highest BCUT2D eigenvalue weighted by molar-refractivity contribution is 5.87. The number of nitrogens with zero attached hydrogens (tertiary/aromatic N) is 1. The summed E-state index contributed by atoms with van der Waals surface area (Å²) in [5.74, 6) is -0.763. The third kappa shape index (κ3) is 5.18. The lowest BCUT2D eigenvalue weighted by Crippen LogP contribution is -2.50. The van der Waals surface area contributed by atoms with Gasteiger partial charge >= 0.3 is 5.97 Å². The van der Waals surface area contributed by atoms with Gasteiger partial charge in [-0.3, -0.25) is 14.4 Å². The normalized spacial score (nSPS) is 26.3. The fourth-order valence-corrected chi connectivity index (χ4v) is 2.96. The summed E-state index contributed by atoms with van der Waals surface area (Å²) in [6.45, 7) is 3.24. The van der Waals surface area contributed by atoms with Crippen LogP contribution in [0.5, 0.6) is 0 Å². The van der Waals surface area contributed by atoms with Gasteiger partial charge in [0, 0.05) is 20.4 Å². The summed E-state index contributed by atoms with van der Waals surface area (Å²) < 4.78 is 5.70. The number of hydrogen-bond donors (Lipinski definition) is 1. The van der Waals surface area contributed by atoms with Gasteiger partial charge in [0.25, 0.3) is 0 Å². The fraction of sp³-hybridized carbons (Fsp3) is 0.450. The maximum Gasteiger partial charge on any atom is 0.306 e. The Morgan fingerprint density at radius 3 is 2.54 bits per heavy atom. The minimum absolute atomic E-state index is 0.213. The summed E-state index contributed by atoms with van der Waals surface area (Å²) >= 11 is 0. The van der Waals surface area contributed by atoms with Crippen molar-refractivity contribution in [1.29, 1.82) is 0 Å². The number of cyclic esters (lactones) is 1. The summed E-state index contributed by atoms with van der Waals surface area (Å²) in [6.07, 6.45) is 4.28. The van der Waals surface area contributed by atoms with Crippen molar-refractivity contribution < 1.29 is 19.1 Å². The van der Waals surface area contributed by atoms with E-state index in [2.05, 4.69) is 5.32 Å². The maximum atomic E-state index is 12.9. The number of benzene rings is 1. The van der Waals surface area contributed by atoms with E-state index in [0.29, 0.717) is 12.8 Å². The Morgan fingerprint density at radius 2 is 1.88 bits per heavy atom. The van der Waals surface area contributed by atoms with Crippen molar-refractivity contribution in [3.8, 4) is 0 Å². The second kappa shape index (κ2) is 9.17. The first kappa shape index (κ1) is 19.7. The van der Waals surface area contributed by atoms with Crippen molar-refractivity contribution in [2.75, 3.05) is 7.05 Å². The molecule has 26 heavy (non-hydrogen) atoms. The highest BCUT2D eigenvalue weighted by Crippen LogP contribution is 2.26. The van der Waals surface area contributed by atoms with Gasteiger partial charge in [0.2, 0.25) is 11.8 Å². The third-order valence-corrected chi connectivity index (χ3v) is 4.51. The number of esters is 1. The first-order valence-electron chi connectivity index (χ1n) is 8.83.